The summed E-state index contributed by atoms with van der Waals surface area (Å²) < 4.78 is 5.13. The topological polar surface area (TPSA) is 66.8 Å². The highest BCUT2D eigenvalue weighted by atomic mass is 16.5. The average Bonchev–Trinajstić information content (AvgIpc) is 2.20. The van der Waals surface area contributed by atoms with Crippen molar-refractivity contribution in [3.8, 4) is 5.75 Å². The van der Waals surface area contributed by atoms with E-state index in [-0.39, 0.29) is 5.75 Å². The molecule has 0 fully saturated rings. The minimum Gasteiger partial charge on any atom is -0.508 e. The summed E-state index contributed by atoms with van der Waals surface area (Å²) in [7, 11) is 0. The monoisotopic (exact) mass is 224 g/mol. The zero-order chi connectivity index (χ0) is 12.1. The summed E-state index contributed by atoms with van der Waals surface area (Å²) in [6.07, 6.45) is -0.511. The summed E-state index contributed by atoms with van der Waals surface area (Å²) >= 11 is 0. The first-order valence-corrected chi connectivity index (χ1v) is 5.17. The summed E-state index contributed by atoms with van der Waals surface area (Å²) in [6.45, 7) is 3.97. The summed E-state index contributed by atoms with van der Waals surface area (Å²) in [4.78, 5) is 10.9. The van der Waals surface area contributed by atoms with Crippen LogP contribution in [0.4, 0.5) is 0 Å². The van der Waals surface area contributed by atoms with Gasteiger partial charge in [0.05, 0.1) is 0 Å². The predicted octanol–water partition coefficient (Wildman–Crippen LogP) is 1.73. The highest BCUT2D eigenvalue weighted by Gasteiger charge is 2.18. The van der Waals surface area contributed by atoms with Crippen molar-refractivity contribution in [1.82, 2.24) is 0 Å². The zero-order valence-electron chi connectivity index (χ0n) is 9.43. The van der Waals surface area contributed by atoms with Gasteiger partial charge in [-0.15, -0.1) is 0 Å². The molecule has 16 heavy (non-hydrogen) atoms. The van der Waals surface area contributed by atoms with E-state index in [1.54, 1.807) is 25.1 Å². The number of aryl methyl sites for hydroxylation is 1. The molecule has 1 atom stereocenters. The van der Waals surface area contributed by atoms with Crippen LogP contribution in [0.25, 0.3) is 0 Å². The van der Waals surface area contributed by atoms with E-state index in [2.05, 4.69) is 0 Å². The molecule has 0 aliphatic rings. The van der Waals surface area contributed by atoms with Crippen molar-refractivity contribution < 1.29 is 19.7 Å². The zero-order valence-corrected chi connectivity index (χ0v) is 9.43. The Morgan fingerprint density at radius 3 is 2.69 bits per heavy atom. The molecule has 0 aromatic heterocycles. The minimum atomic E-state index is -0.964. The Balaban J connectivity index is 2.81. The van der Waals surface area contributed by atoms with Gasteiger partial charge in [-0.3, -0.25) is 0 Å². The van der Waals surface area contributed by atoms with Gasteiger partial charge in [0.25, 0.3) is 0 Å². The number of phenols is 1. The quantitative estimate of drug-likeness (QED) is 0.799. The molecule has 0 saturated carbocycles. The van der Waals surface area contributed by atoms with Crippen molar-refractivity contribution >= 4 is 5.97 Å². The van der Waals surface area contributed by atoms with E-state index in [0.717, 1.165) is 11.1 Å². The van der Waals surface area contributed by atoms with E-state index in [1.807, 2.05) is 6.92 Å². The van der Waals surface area contributed by atoms with Crippen molar-refractivity contribution in [2.24, 2.45) is 0 Å². The van der Waals surface area contributed by atoms with Crippen LogP contribution in [-0.2, 0) is 16.0 Å². The van der Waals surface area contributed by atoms with E-state index in [1.165, 1.54) is 0 Å². The van der Waals surface area contributed by atoms with Crippen LogP contribution in [0.3, 0.4) is 0 Å². The SMILES string of the molecule is CCOC(Cc1ccc(O)cc1C)C(=O)O. The van der Waals surface area contributed by atoms with Crippen molar-refractivity contribution in [3.63, 3.8) is 0 Å². The van der Waals surface area contributed by atoms with Gasteiger partial charge >= 0.3 is 5.97 Å². The maximum atomic E-state index is 10.9. The Labute approximate surface area is 94.5 Å². The summed E-state index contributed by atoms with van der Waals surface area (Å²) in [5.74, 6) is -0.779. The second-order valence-corrected chi connectivity index (χ2v) is 3.60. The number of rotatable bonds is 5. The van der Waals surface area contributed by atoms with E-state index >= 15 is 0 Å². The van der Waals surface area contributed by atoms with Crippen LogP contribution in [0.2, 0.25) is 0 Å². The van der Waals surface area contributed by atoms with E-state index in [9.17, 15) is 9.90 Å². The molecule has 2 N–H and O–H groups in total. The van der Waals surface area contributed by atoms with Crippen LogP contribution in [0, 0.1) is 6.92 Å². The second kappa shape index (κ2) is 5.51. The molecule has 1 aromatic carbocycles. The summed E-state index contributed by atoms with van der Waals surface area (Å²) in [5, 5.41) is 18.2. The molecule has 1 unspecified atom stereocenters. The highest BCUT2D eigenvalue weighted by molar-refractivity contribution is 5.72. The van der Waals surface area contributed by atoms with Crippen LogP contribution in [0.15, 0.2) is 18.2 Å². The molecular weight excluding hydrogens is 208 g/mol. The van der Waals surface area contributed by atoms with Gasteiger partial charge in [0.2, 0.25) is 0 Å². The number of hydrogen-bond acceptors (Lipinski definition) is 3. The number of carbonyl (C=O) groups is 1. The number of aliphatic carboxylic acids is 1. The van der Waals surface area contributed by atoms with Gasteiger partial charge in [-0.25, -0.2) is 4.79 Å². The van der Waals surface area contributed by atoms with Crippen LogP contribution < -0.4 is 0 Å². The lowest BCUT2D eigenvalue weighted by Gasteiger charge is -2.14. The molecule has 4 nitrogen and oxygen atoms in total. The van der Waals surface area contributed by atoms with Crippen LogP contribution in [0.1, 0.15) is 18.1 Å². The maximum Gasteiger partial charge on any atom is 0.333 e. The summed E-state index contributed by atoms with van der Waals surface area (Å²) in [6, 6.07) is 4.88. The molecule has 1 rings (SSSR count). The Morgan fingerprint density at radius 2 is 2.19 bits per heavy atom. The van der Waals surface area contributed by atoms with Gasteiger partial charge in [-0.2, -0.15) is 0 Å². The Hall–Kier alpha value is -1.55. The number of ether oxygens (including phenoxy) is 1. The molecule has 88 valence electrons. The molecule has 4 heteroatoms. The smallest absolute Gasteiger partial charge is 0.333 e. The van der Waals surface area contributed by atoms with Crippen molar-refractivity contribution in [1.29, 1.82) is 0 Å². The molecule has 0 heterocycles. The van der Waals surface area contributed by atoms with Crippen LogP contribution in [0.5, 0.6) is 5.75 Å². The number of phenolic OH excluding ortho intramolecular Hbond substituents is 1. The third-order valence-electron chi connectivity index (χ3n) is 2.37. The molecule has 0 aliphatic carbocycles. The van der Waals surface area contributed by atoms with Gasteiger partial charge in [0.1, 0.15) is 5.75 Å². The normalized spacial score (nSPS) is 12.4. The lowest BCUT2D eigenvalue weighted by atomic mass is 10.0. The fraction of sp³-hybridized carbons (Fsp3) is 0.417. The van der Waals surface area contributed by atoms with Crippen molar-refractivity contribution in [2.45, 2.75) is 26.4 Å². The summed E-state index contributed by atoms with van der Waals surface area (Å²) in [5.41, 5.74) is 1.74. The first-order chi connectivity index (χ1) is 7.54. The Kier molecular flexibility index (Phi) is 4.31. The number of aromatic hydroxyl groups is 1. The molecule has 0 spiro atoms. The Morgan fingerprint density at radius 1 is 1.50 bits per heavy atom. The average molecular weight is 224 g/mol. The van der Waals surface area contributed by atoms with Crippen molar-refractivity contribution in [2.75, 3.05) is 6.61 Å². The third kappa shape index (κ3) is 3.24. The number of carboxylic acids is 1. The molecular formula is C12H16O4. The van der Waals surface area contributed by atoms with Crippen LogP contribution in [-0.4, -0.2) is 28.9 Å². The molecule has 0 saturated heterocycles. The van der Waals surface area contributed by atoms with E-state index in [0.29, 0.717) is 13.0 Å². The Bertz CT molecular complexity index is 373. The lowest BCUT2D eigenvalue weighted by molar-refractivity contribution is -0.149. The number of carboxylic acid groups (broad SMARTS) is 1. The maximum absolute atomic E-state index is 10.9. The van der Waals surface area contributed by atoms with Gasteiger partial charge in [-0.05, 0) is 37.1 Å². The third-order valence-corrected chi connectivity index (χ3v) is 2.37. The van der Waals surface area contributed by atoms with E-state index < -0.39 is 12.1 Å². The van der Waals surface area contributed by atoms with Gasteiger partial charge in [-0.1, -0.05) is 6.07 Å². The fourth-order valence-electron chi connectivity index (χ4n) is 1.53. The van der Waals surface area contributed by atoms with Gasteiger partial charge < -0.3 is 14.9 Å². The van der Waals surface area contributed by atoms with Gasteiger partial charge in [0.15, 0.2) is 6.10 Å². The first kappa shape index (κ1) is 12.5. The molecule has 0 radical (unpaired) electrons. The predicted molar refractivity (Wildman–Crippen MR) is 59.6 cm³/mol. The van der Waals surface area contributed by atoms with E-state index in [4.69, 9.17) is 9.84 Å². The lowest BCUT2D eigenvalue weighted by Crippen LogP contribution is -2.26. The number of hydrogen-bond donors (Lipinski definition) is 2. The molecule has 0 amide bonds. The molecule has 0 aliphatic heterocycles. The second-order valence-electron chi connectivity index (χ2n) is 3.60. The van der Waals surface area contributed by atoms with Gasteiger partial charge in [0, 0.05) is 13.0 Å². The first-order valence-electron chi connectivity index (χ1n) is 5.17. The fourth-order valence-corrected chi connectivity index (χ4v) is 1.53. The molecule has 1 aromatic rings. The number of benzene rings is 1. The highest BCUT2D eigenvalue weighted by Crippen LogP contribution is 2.17. The minimum absolute atomic E-state index is 0.185. The van der Waals surface area contributed by atoms with Crippen molar-refractivity contribution in [3.05, 3.63) is 29.3 Å². The van der Waals surface area contributed by atoms with Crippen LogP contribution >= 0.6 is 0 Å². The standard InChI is InChI=1S/C12H16O4/c1-3-16-11(12(14)15)7-9-4-5-10(13)6-8(9)2/h4-6,11,13H,3,7H2,1-2H3,(H,14,15). The largest absolute Gasteiger partial charge is 0.508 e. The molecule has 0 bridgehead atoms.